The van der Waals surface area contributed by atoms with E-state index in [1.54, 1.807) is 12.1 Å². The van der Waals surface area contributed by atoms with E-state index in [9.17, 15) is 9.90 Å². The Morgan fingerprint density at radius 1 is 1.52 bits per heavy atom. The lowest BCUT2D eigenvalue weighted by Gasteiger charge is -2.14. The topological polar surface area (TPSA) is 70.6 Å². The number of carbonyl (C=O) groups is 1. The monoisotopic (exact) mass is 312 g/mol. The minimum Gasteiger partial charge on any atom is -0.389 e. The molecule has 1 aliphatic carbocycles. The van der Waals surface area contributed by atoms with Crippen LogP contribution in [-0.4, -0.2) is 37.0 Å². The van der Waals surface area contributed by atoms with Crippen LogP contribution in [0.3, 0.4) is 0 Å². The van der Waals surface area contributed by atoms with Crippen LogP contribution in [0.5, 0.6) is 0 Å². The smallest absolute Gasteiger partial charge is 0.319 e. The molecule has 0 aromatic heterocycles. The number of nitrogens with one attached hydrogen (secondary N) is 2. The van der Waals surface area contributed by atoms with E-state index in [0.29, 0.717) is 23.2 Å². The van der Waals surface area contributed by atoms with Gasteiger partial charge in [-0.3, -0.25) is 0 Å². The molecule has 0 saturated heterocycles. The van der Waals surface area contributed by atoms with Gasteiger partial charge in [-0.1, -0.05) is 17.7 Å². The van der Waals surface area contributed by atoms with E-state index in [2.05, 4.69) is 10.6 Å². The first-order valence-electron chi connectivity index (χ1n) is 7.11. The van der Waals surface area contributed by atoms with Crippen LogP contribution in [0.4, 0.5) is 10.5 Å². The molecule has 0 bridgehead atoms. The SMILES string of the molecule is Cc1ccc(Cl)cc1NC(=O)NCC(O)COCC1CC1. The maximum atomic E-state index is 11.8. The van der Waals surface area contributed by atoms with Gasteiger partial charge in [-0.2, -0.15) is 0 Å². The predicted octanol–water partition coefficient (Wildman–Crippen LogP) is 2.56. The van der Waals surface area contributed by atoms with Crippen LogP contribution in [0.25, 0.3) is 0 Å². The number of hydrogen-bond acceptors (Lipinski definition) is 3. The van der Waals surface area contributed by atoms with E-state index < -0.39 is 6.10 Å². The molecule has 0 spiro atoms. The normalized spacial score (nSPS) is 15.6. The van der Waals surface area contributed by atoms with E-state index in [4.69, 9.17) is 16.3 Å². The number of rotatable bonds is 7. The second-order valence-corrected chi connectivity index (χ2v) is 5.87. The Balaban J connectivity index is 1.67. The fourth-order valence-corrected chi connectivity index (χ4v) is 1.99. The Kier molecular flexibility index (Phi) is 5.85. The van der Waals surface area contributed by atoms with Crippen LogP contribution >= 0.6 is 11.6 Å². The number of benzene rings is 1. The molecule has 1 aliphatic rings. The number of aryl methyl sites for hydroxylation is 1. The summed E-state index contributed by atoms with van der Waals surface area (Å²) in [4.78, 5) is 11.8. The molecule has 2 amide bonds. The van der Waals surface area contributed by atoms with Gasteiger partial charge >= 0.3 is 6.03 Å². The van der Waals surface area contributed by atoms with Crippen molar-refractivity contribution in [2.24, 2.45) is 5.92 Å². The summed E-state index contributed by atoms with van der Waals surface area (Å²) in [6.45, 7) is 2.97. The Labute approximate surface area is 129 Å². The van der Waals surface area contributed by atoms with Crippen molar-refractivity contribution in [2.75, 3.05) is 25.1 Å². The zero-order chi connectivity index (χ0) is 15.2. The second-order valence-electron chi connectivity index (χ2n) is 5.43. The Hall–Kier alpha value is -1.30. The lowest BCUT2D eigenvalue weighted by Crippen LogP contribution is -2.37. The van der Waals surface area contributed by atoms with E-state index in [-0.39, 0.29) is 19.2 Å². The van der Waals surface area contributed by atoms with Crippen molar-refractivity contribution in [1.29, 1.82) is 0 Å². The first-order chi connectivity index (χ1) is 10.0. The highest BCUT2D eigenvalue weighted by Gasteiger charge is 2.21. The van der Waals surface area contributed by atoms with Gasteiger partial charge in [-0.05, 0) is 43.4 Å². The second kappa shape index (κ2) is 7.64. The molecule has 21 heavy (non-hydrogen) atoms. The van der Waals surface area contributed by atoms with Crippen molar-refractivity contribution in [1.82, 2.24) is 5.32 Å². The third kappa shape index (κ3) is 5.91. The summed E-state index contributed by atoms with van der Waals surface area (Å²) in [5.74, 6) is 0.666. The number of urea groups is 1. The summed E-state index contributed by atoms with van der Waals surface area (Å²) in [5.41, 5.74) is 1.57. The maximum Gasteiger partial charge on any atom is 0.319 e. The summed E-state index contributed by atoms with van der Waals surface area (Å²) in [5, 5.41) is 15.6. The molecule has 1 fully saturated rings. The van der Waals surface area contributed by atoms with Gasteiger partial charge in [0, 0.05) is 23.9 Å². The summed E-state index contributed by atoms with van der Waals surface area (Å²) in [6.07, 6.45) is 1.74. The number of carbonyl (C=O) groups excluding carboxylic acids is 1. The molecule has 5 nitrogen and oxygen atoms in total. The zero-order valence-electron chi connectivity index (χ0n) is 12.1. The van der Waals surface area contributed by atoms with E-state index in [1.807, 2.05) is 13.0 Å². The molecular formula is C15H21ClN2O3. The first-order valence-corrected chi connectivity index (χ1v) is 7.49. The summed E-state index contributed by atoms with van der Waals surface area (Å²) in [6, 6.07) is 4.91. The van der Waals surface area contributed by atoms with Crippen molar-refractivity contribution in [3.63, 3.8) is 0 Å². The van der Waals surface area contributed by atoms with Crippen molar-refractivity contribution in [3.8, 4) is 0 Å². The number of aliphatic hydroxyl groups is 1. The molecule has 0 radical (unpaired) electrons. The molecule has 0 heterocycles. The third-order valence-corrected chi connectivity index (χ3v) is 3.54. The molecule has 0 aliphatic heterocycles. The molecule has 3 N–H and O–H groups in total. The highest BCUT2D eigenvalue weighted by atomic mass is 35.5. The van der Waals surface area contributed by atoms with Gasteiger partial charge in [0.25, 0.3) is 0 Å². The number of aliphatic hydroxyl groups excluding tert-OH is 1. The van der Waals surface area contributed by atoms with Gasteiger partial charge in [-0.25, -0.2) is 4.79 Å². The summed E-state index contributed by atoms with van der Waals surface area (Å²) < 4.78 is 5.37. The molecule has 1 saturated carbocycles. The quantitative estimate of drug-likeness (QED) is 0.724. The number of anilines is 1. The summed E-state index contributed by atoms with van der Waals surface area (Å²) in [7, 11) is 0. The Morgan fingerprint density at radius 3 is 3.00 bits per heavy atom. The minimum atomic E-state index is -0.699. The lowest BCUT2D eigenvalue weighted by molar-refractivity contribution is 0.0339. The molecule has 1 unspecified atom stereocenters. The van der Waals surface area contributed by atoms with E-state index >= 15 is 0 Å². The molecule has 6 heteroatoms. The number of halogens is 1. The van der Waals surface area contributed by atoms with Gasteiger partial charge in [0.2, 0.25) is 0 Å². The molecule has 1 atom stereocenters. The average molecular weight is 313 g/mol. The fraction of sp³-hybridized carbons (Fsp3) is 0.533. The van der Waals surface area contributed by atoms with Crippen LogP contribution in [0.2, 0.25) is 5.02 Å². The highest BCUT2D eigenvalue weighted by Crippen LogP contribution is 2.28. The van der Waals surface area contributed by atoms with E-state index in [0.717, 1.165) is 5.56 Å². The van der Waals surface area contributed by atoms with Gasteiger partial charge in [0.15, 0.2) is 0 Å². The minimum absolute atomic E-state index is 0.149. The number of amides is 2. The lowest BCUT2D eigenvalue weighted by atomic mass is 10.2. The van der Waals surface area contributed by atoms with Crippen LogP contribution in [-0.2, 0) is 4.74 Å². The zero-order valence-corrected chi connectivity index (χ0v) is 12.8. The van der Waals surface area contributed by atoms with Crippen LogP contribution in [0.15, 0.2) is 18.2 Å². The van der Waals surface area contributed by atoms with Gasteiger partial charge in [-0.15, -0.1) is 0 Å². The number of hydrogen-bond donors (Lipinski definition) is 3. The average Bonchev–Trinajstić information content (AvgIpc) is 3.25. The first kappa shape index (κ1) is 16.1. The Morgan fingerprint density at radius 2 is 2.29 bits per heavy atom. The molecule has 2 rings (SSSR count). The van der Waals surface area contributed by atoms with E-state index in [1.165, 1.54) is 12.8 Å². The Bertz CT molecular complexity index is 492. The fourth-order valence-electron chi connectivity index (χ4n) is 1.82. The van der Waals surface area contributed by atoms with Crippen molar-refractivity contribution < 1.29 is 14.6 Å². The van der Waals surface area contributed by atoms with Crippen LogP contribution in [0.1, 0.15) is 18.4 Å². The van der Waals surface area contributed by atoms with Gasteiger partial charge < -0.3 is 20.5 Å². The molecule has 116 valence electrons. The standard InChI is InChI=1S/C15H21ClN2O3/c1-10-2-5-12(16)6-14(10)18-15(20)17-7-13(19)9-21-8-11-3-4-11/h2,5-6,11,13,19H,3-4,7-9H2,1H3,(H2,17,18,20). The van der Waals surface area contributed by atoms with Crippen LogP contribution in [0, 0.1) is 12.8 Å². The molecular weight excluding hydrogens is 292 g/mol. The largest absolute Gasteiger partial charge is 0.389 e. The predicted molar refractivity (Wildman–Crippen MR) is 82.8 cm³/mol. The maximum absolute atomic E-state index is 11.8. The van der Waals surface area contributed by atoms with Crippen molar-refractivity contribution in [3.05, 3.63) is 28.8 Å². The van der Waals surface area contributed by atoms with Gasteiger partial charge in [0.05, 0.1) is 12.7 Å². The van der Waals surface area contributed by atoms with Crippen LogP contribution < -0.4 is 10.6 Å². The summed E-state index contributed by atoms with van der Waals surface area (Å²) >= 11 is 5.89. The highest BCUT2D eigenvalue weighted by molar-refractivity contribution is 6.31. The number of ether oxygens (including phenoxy) is 1. The third-order valence-electron chi connectivity index (χ3n) is 3.31. The molecule has 1 aromatic rings. The van der Waals surface area contributed by atoms with Crippen molar-refractivity contribution >= 4 is 23.3 Å². The molecule has 1 aromatic carbocycles. The van der Waals surface area contributed by atoms with Gasteiger partial charge in [0.1, 0.15) is 0 Å². The van der Waals surface area contributed by atoms with Crippen molar-refractivity contribution in [2.45, 2.75) is 25.9 Å².